The minimum absolute atomic E-state index is 0.0312. The zero-order chi connectivity index (χ0) is 23.9. The number of anilines is 1. The van der Waals surface area contributed by atoms with Crippen LogP contribution in [0, 0.1) is 13.8 Å². The van der Waals surface area contributed by atoms with E-state index in [2.05, 4.69) is 28.8 Å². The van der Waals surface area contributed by atoms with E-state index in [1.165, 1.54) is 17.2 Å². The molecule has 4 aromatic rings. The number of benzene rings is 1. The van der Waals surface area contributed by atoms with Gasteiger partial charge in [0.15, 0.2) is 0 Å². The van der Waals surface area contributed by atoms with E-state index in [0.717, 1.165) is 11.3 Å². The smallest absolute Gasteiger partial charge is 0.261 e. The molecule has 0 spiro atoms. The number of fused-ring (bicyclic) bond motifs is 2. The number of hydrogen-bond acceptors (Lipinski definition) is 5. The van der Waals surface area contributed by atoms with E-state index < -0.39 is 5.92 Å². The van der Waals surface area contributed by atoms with Crippen LogP contribution in [-0.2, 0) is 6.42 Å². The number of imidazole rings is 1. The molecular formula is C23H25ClF2N6O. The molecule has 0 amide bonds. The number of alkyl halides is 2. The maximum absolute atomic E-state index is 12.3. The Kier molecular flexibility index (Phi) is 6.11. The van der Waals surface area contributed by atoms with Crippen molar-refractivity contribution in [2.24, 2.45) is 0 Å². The molecule has 174 valence electrons. The average molecular weight is 475 g/mol. The van der Waals surface area contributed by atoms with Crippen molar-refractivity contribution in [2.75, 3.05) is 25.9 Å². The summed E-state index contributed by atoms with van der Waals surface area (Å²) in [6.07, 6.45) is 4.44. The lowest BCUT2D eigenvalue weighted by atomic mass is 10.2. The standard InChI is InChI=1S/C18H16ClN5O.C5H9F2N/c1-9-3-17-21-11(8-24(17)7-10(9)2)4-16-22-15-6-14(20)13(19)5-12(15)18(25)23-16;1-8-3-2-5(6,7)4-8/h3,5-8H,4,20H2,1-2H3,(H,22,23,25);2-4H2,1H3. The van der Waals surface area contributed by atoms with E-state index in [1.54, 1.807) is 18.0 Å². The second-order valence-electron chi connectivity index (χ2n) is 8.56. The van der Waals surface area contributed by atoms with Crippen LogP contribution in [0.1, 0.15) is 29.1 Å². The molecular weight excluding hydrogens is 450 g/mol. The quantitative estimate of drug-likeness (QED) is 0.429. The van der Waals surface area contributed by atoms with Gasteiger partial charge < -0.3 is 20.0 Å². The van der Waals surface area contributed by atoms with Crippen molar-refractivity contribution in [3.8, 4) is 0 Å². The van der Waals surface area contributed by atoms with Gasteiger partial charge in [-0.25, -0.2) is 18.7 Å². The summed E-state index contributed by atoms with van der Waals surface area (Å²) in [5.74, 6) is -1.87. The Morgan fingerprint density at radius 3 is 2.58 bits per heavy atom. The summed E-state index contributed by atoms with van der Waals surface area (Å²) in [5.41, 5.74) is 10.6. The second kappa shape index (κ2) is 8.72. The van der Waals surface area contributed by atoms with Crippen LogP contribution in [0.25, 0.3) is 16.6 Å². The van der Waals surface area contributed by atoms with Gasteiger partial charge in [0.1, 0.15) is 11.5 Å². The Morgan fingerprint density at radius 1 is 1.18 bits per heavy atom. The molecule has 1 fully saturated rings. The number of aromatic amines is 1. The minimum Gasteiger partial charge on any atom is -0.397 e. The number of nitrogens with one attached hydrogen (secondary N) is 1. The maximum Gasteiger partial charge on any atom is 0.261 e. The van der Waals surface area contributed by atoms with Crippen molar-refractivity contribution in [3.05, 3.63) is 68.6 Å². The Balaban J connectivity index is 0.000000275. The summed E-state index contributed by atoms with van der Waals surface area (Å²) in [6, 6.07) is 5.20. The number of nitrogens with two attached hydrogens (primary N) is 1. The number of H-pyrrole nitrogens is 1. The van der Waals surface area contributed by atoms with Gasteiger partial charge in [0, 0.05) is 31.8 Å². The van der Waals surface area contributed by atoms with Crippen LogP contribution in [0.2, 0.25) is 5.02 Å². The first-order valence-corrected chi connectivity index (χ1v) is 10.9. The van der Waals surface area contributed by atoms with Gasteiger partial charge in [0.05, 0.1) is 33.9 Å². The summed E-state index contributed by atoms with van der Waals surface area (Å²) in [5, 5.41) is 0.767. The van der Waals surface area contributed by atoms with Crippen LogP contribution in [0.15, 0.2) is 35.4 Å². The van der Waals surface area contributed by atoms with Gasteiger partial charge in [-0.15, -0.1) is 0 Å². The fourth-order valence-corrected chi connectivity index (χ4v) is 3.92. The number of aryl methyl sites for hydroxylation is 2. The molecule has 3 N–H and O–H groups in total. The molecule has 0 saturated carbocycles. The normalized spacial score (nSPS) is 15.7. The molecule has 33 heavy (non-hydrogen) atoms. The van der Waals surface area contributed by atoms with Crippen molar-refractivity contribution in [1.29, 1.82) is 0 Å². The molecule has 3 aromatic heterocycles. The van der Waals surface area contributed by atoms with E-state index in [4.69, 9.17) is 17.3 Å². The number of halogens is 3. The van der Waals surface area contributed by atoms with E-state index >= 15 is 0 Å². The number of rotatable bonds is 2. The lowest BCUT2D eigenvalue weighted by Gasteiger charge is -2.06. The fraction of sp³-hybridized carbons (Fsp3) is 0.348. The van der Waals surface area contributed by atoms with Crippen LogP contribution in [0.5, 0.6) is 0 Å². The number of aromatic nitrogens is 4. The molecule has 10 heteroatoms. The number of nitrogens with zero attached hydrogens (tertiary/aromatic N) is 4. The van der Waals surface area contributed by atoms with Gasteiger partial charge >= 0.3 is 0 Å². The summed E-state index contributed by atoms with van der Waals surface area (Å²) in [4.78, 5) is 25.8. The van der Waals surface area contributed by atoms with Crippen LogP contribution < -0.4 is 11.3 Å². The van der Waals surface area contributed by atoms with E-state index in [0.29, 0.717) is 40.4 Å². The highest BCUT2D eigenvalue weighted by atomic mass is 35.5. The van der Waals surface area contributed by atoms with Crippen molar-refractivity contribution < 1.29 is 8.78 Å². The van der Waals surface area contributed by atoms with Gasteiger partial charge in [-0.05, 0) is 50.2 Å². The molecule has 0 bridgehead atoms. The van der Waals surface area contributed by atoms with Crippen molar-refractivity contribution in [1.82, 2.24) is 24.3 Å². The summed E-state index contributed by atoms with van der Waals surface area (Å²) in [7, 11) is 1.71. The van der Waals surface area contributed by atoms with Gasteiger partial charge in [-0.2, -0.15) is 0 Å². The second-order valence-corrected chi connectivity index (χ2v) is 8.97. The van der Waals surface area contributed by atoms with E-state index in [1.807, 2.05) is 22.9 Å². The van der Waals surface area contributed by atoms with Gasteiger partial charge in [-0.1, -0.05) is 11.6 Å². The zero-order valence-electron chi connectivity index (χ0n) is 18.6. The van der Waals surface area contributed by atoms with E-state index in [-0.39, 0.29) is 18.5 Å². The molecule has 5 rings (SSSR count). The van der Waals surface area contributed by atoms with E-state index in [9.17, 15) is 13.6 Å². The summed E-state index contributed by atoms with van der Waals surface area (Å²) >= 11 is 5.98. The first-order chi connectivity index (χ1) is 15.5. The average Bonchev–Trinajstić information content (AvgIpc) is 3.25. The Morgan fingerprint density at radius 2 is 1.94 bits per heavy atom. The van der Waals surface area contributed by atoms with Crippen LogP contribution in [-0.4, -0.2) is 50.3 Å². The minimum atomic E-state index is -2.41. The number of nitrogen functional groups attached to an aromatic ring is 1. The zero-order valence-corrected chi connectivity index (χ0v) is 19.4. The Hall–Kier alpha value is -3.04. The molecule has 1 aliphatic rings. The summed E-state index contributed by atoms with van der Waals surface area (Å²) < 4.78 is 26.3. The molecule has 0 aliphatic carbocycles. The highest BCUT2D eigenvalue weighted by Gasteiger charge is 2.36. The molecule has 0 unspecified atom stereocenters. The maximum atomic E-state index is 12.3. The third-order valence-electron chi connectivity index (χ3n) is 5.69. The molecule has 1 aromatic carbocycles. The van der Waals surface area contributed by atoms with Crippen molar-refractivity contribution >= 4 is 33.8 Å². The van der Waals surface area contributed by atoms with Gasteiger partial charge in [-0.3, -0.25) is 4.79 Å². The van der Waals surface area contributed by atoms with Crippen LogP contribution in [0.4, 0.5) is 14.5 Å². The number of hydrogen-bond donors (Lipinski definition) is 2. The first kappa shape index (κ1) is 23.1. The SMILES string of the molecule is CN1CCC(F)(F)C1.Cc1cc2nc(Cc3nc4cc(N)c(Cl)cc4c(=O)[nH]3)cn2cc1C. The molecule has 1 aliphatic heterocycles. The Bertz CT molecular complexity index is 1360. The Labute approximate surface area is 194 Å². The van der Waals surface area contributed by atoms with Gasteiger partial charge in [0.2, 0.25) is 0 Å². The van der Waals surface area contributed by atoms with Crippen molar-refractivity contribution in [3.63, 3.8) is 0 Å². The number of pyridine rings is 1. The molecule has 4 heterocycles. The largest absolute Gasteiger partial charge is 0.397 e. The predicted molar refractivity (Wildman–Crippen MR) is 126 cm³/mol. The summed E-state index contributed by atoms with van der Waals surface area (Å²) in [6.45, 7) is 4.59. The van der Waals surface area contributed by atoms with Crippen molar-refractivity contribution in [2.45, 2.75) is 32.6 Å². The monoisotopic (exact) mass is 474 g/mol. The lowest BCUT2D eigenvalue weighted by Crippen LogP contribution is -2.21. The molecule has 0 radical (unpaired) electrons. The molecule has 7 nitrogen and oxygen atoms in total. The van der Waals surface area contributed by atoms with Gasteiger partial charge in [0.25, 0.3) is 11.5 Å². The fourth-order valence-electron chi connectivity index (χ4n) is 3.76. The highest BCUT2D eigenvalue weighted by molar-refractivity contribution is 6.33. The molecule has 1 saturated heterocycles. The first-order valence-electron chi connectivity index (χ1n) is 10.5. The topological polar surface area (TPSA) is 92.3 Å². The van der Waals surface area contributed by atoms with Crippen LogP contribution in [0.3, 0.4) is 0 Å². The highest BCUT2D eigenvalue weighted by Crippen LogP contribution is 2.25. The third-order valence-corrected chi connectivity index (χ3v) is 6.02. The lowest BCUT2D eigenvalue weighted by molar-refractivity contribution is 0.0146. The van der Waals surface area contributed by atoms with Crippen LogP contribution >= 0.6 is 11.6 Å². The predicted octanol–water partition coefficient (Wildman–Crippen LogP) is 3.97. The third kappa shape index (κ3) is 5.15. The molecule has 0 atom stereocenters. The number of likely N-dealkylation sites (tertiary alicyclic amines) is 1.